The van der Waals surface area contributed by atoms with Gasteiger partial charge in [-0.15, -0.1) is 11.3 Å². The van der Waals surface area contributed by atoms with Gasteiger partial charge < -0.3 is 14.8 Å². The van der Waals surface area contributed by atoms with Crippen molar-refractivity contribution in [2.75, 3.05) is 13.2 Å². The highest BCUT2D eigenvalue weighted by Crippen LogP contribution is 2.31. The molecule has 32 heavy (non-hydrogen) atoms. The number of nitrogens with one attached hydrogen (secondary N) is 1. The summed E-state index contributed by atoms with van der Waals surface area (Å²) >= 11 is 1.49. The molecule has 0 aliphatic rings. The molecule has 0 aliphatic heterocycles. The van der Waals surface area contributed by atoms with E-state index in [-0.39, 0.29) is 23.8 Å². The Morgan fingerprint density at radius 2 is 1.94 bits per heavy atom. The molecular formula is C25H35N3O3S. The minimum Gasteiger partial charge on any atom is -0.389 e. The van der Waals surface area contributed by atoms with E-state index in [0.29, 0.717) is 24.3 Å². The first-order chi connectivity index (χ1) is 14.9. The van der Waals surface area contributed by atoms with E-state index >= 15 is 0 Å². The molecular weight excluding hydrogens is 422 g/mol. The fourth-order valence-electron chi connectivity index (χ4n) is 3.51. The van der Waals surface area contributed by atoms with E-state index in [1.807, 2.05) is 26.2 Å². The molecule has 6 nitrogen and oxygen atoms in total. The van der Waals surface area contributed by atoms with Gasteiger partial charge in [0, 0.05) is 23.5 Å². The molecule has 0 saturated carbocycles. The van der Waals surface area contributed by atoms with E-state index in [4.69, 9.17) is 9.72 Å². The van der Waals surface area contributed by atoms with Gasteiger partial charge >= 0.3 is 0 Å². The fourth-order valence-corrected chi connectivity index (χ4v) is 4.48. The van der Waals surface area contributed by atoms with Crippen LogP contribution < -0.4 is 5.56 Å². The zero-order chi connectivity index (χ0) is 23.6. The number of ether oxygens (including phenoxy) is 1. The number of H-pyrrole nitrogens is 1. The average molecular weight is 458 g/mol. The monoisotopic (exact) mass is 457 g/mol. The third kappa shape index (κ3) is 6.04. The molecule has 0 aliphatic carbocycles. The van der Waals surface area contributed by atoms with Crippen LogP contribution in [0.25, 0.3) is 21.3 Å². The lowest BCUT2D eigenvalue weighted by Gasteiger charge is -2.29. The number of aliphatic hydroxyl groups excluding tert-OH is 1. The van der Waals surface area contributed by atoms with Gasteiger partial charge in [0.25, 0.3) is 5.56 Å². The molecule has 0 radical (unpaired) electrons. The highest BCUT2D eigenvalue weighted by molar-refractivity contribution is 7.17. The van der Waals surface area contributed by atoms with Gasteiger partial charge in [-0.3, -0.25) is 9.69 Å². The normalized spacial score (nSPS) is 13.4. The molecule has 0 amide bonds. The second kappa shape index (κ2) is 9.83. The second-order valence-corrected chi connectivity index (χ2v) is 10.6. The van der Waals surface area contributed by atoms with Crippen LogP contribution in [0.15, 0.2) is 28.4 Å². The lowest BCUT2D eigenvalue weighted by molar-refractivity contribution is -0.0588. The summed E-state index contributed by atoms with van der Waals surface area (Å²) in [5, 5.41) is 13.1. The van der Waals surface area contributed by atoms with Crippen molar-refractivity contribution in [3.8, 4) is 11.1 Å². The number of benzene rings is 1. The molecule has 0 saturated heterocycles. The summed E-state index contributed by atoms with van der Waals surface area (Å²) in [4.78, 5) is 23.6. The van der Waals surface area contributed by atoms with E-state index in [9.17, 15) is 9.90 Å². The molecule has 0 spiro atoms. The Labute approximate surface area is 194 Å². The summed E-state index contributed by atoms with van der Waals surface area (Å²) in [6.45, 7) is 15.4. The minimum atomic E-state index is -0.620. The number of thiophene rings is 1. The third-order valence-electron chi connectivity index (χ3n) is 5.55. The predicted octanol–water partition coefficient (Wildman–Crippen LogP) is 4.65. The zero-order valence-corrected chi connectivity index (χ0v) is 21.0. The van der Waals surface area contributed by atoms with E-state index < -0.39 is 6.10 Å². The number of hydrogen-bond acceptors (Lipinski definition) is 6. The summed E-state index contributed by atoms with van der Waals surface area (Å²) in [6, 6.07) is 6.43. The maximum Gasteiger partial charge on any atom is 0.260 e. The van der Waals surface area contributed by atoms with Crippen molar-refractivity contribution in [2.24, 2.45) is 0 Å². The van der Waals surface area contributed by atoms with Gasteiger partial charge in [-0.2, -0.15) is 0 Å². The molecule has 0 bridgehead atoms. The first-order valence-electron chi connectivity index (χ1n) is 11.1. The van der Waals surface area contributed by atoms with Gasteiger partial charge in [-0.25, -0.2) is 4.98 Å². The van der Waals surface area contributed by atoms with E-state index in [2.05, 4.69) is 55.8 Å². The SMILES string of the molecule is Cc1ccc(-c2csc3nc(CN(CC(O)COC(C)(C)C)C(C)C)[nH]c(=O)c23)cc1C. The molecule has 1 atom stereocenters. The predicted molar refractivity (Wildman–Crippen MR) is 132 cm³/mol. The average Bonchev–Trinajstić information content (AvgIpc) is 3.12. The van der Waals surface area contributed by atoms with Crippen LogP contribution in [-0.2, 0) is 11.3 Å². The minimum absolute atomic E-state index is 0.125. The van der Waals surface area contributed by atoms with Crippen LogP contribution in [0.3, 0.4) is 0 Å². The molecule has 1 unspecified atom stereocenters. The Hall–Kier alpha value is -2.06. The number of aromatic amines is 1. The van der Waals surface area contributed by atoms with Crippen LogP contribution in [0.4, 0.5) is 0 Å². The van der Waals surface area contributed by atoms with Gasteiger partial charge in [0.2, 0.25) is 0 Å². The first kappa shape index (κ1) is 24.6. The Kier molecular flexibility index (Phi) is 7.55. The smallest absolute Gasteiger partial charge is 0.260 e. The van der Waals surface area contributed by atoms with Crippen LogP contribution in [0.1, 0.15) is 51.6 Å². The number of hydrogen-bond donors (Lipinski definition) is 2. The second-order valence-electron chi connectivity index (χ2n) is 9.74. The summed E-state index contributed by atoms with van der Waals surface area (Å²) in [5.74, 6) is 0.605. The fraction of sp³-hybridized carbons (Fsp3) is 0.520. The topological polar surface area (TPSA) is 78.5 Å². The van der Waals surface area contributed by atoms with Crippen molar-refractivity contribution < 1.29 is 9.84 Å². The molecule has 7 heteroatoms. The number of fused-ring (bicyclic) bond motifs is 1. The molecule has 2 heterocycles. The number of aliphatic hydroxyl groups is 1. The molecule has 1 aromatic carbocycles. The quantitative estimate of drug-likeness (QED) is 0.515. The van der Waals surface area contributed by atoms with Crippen molar-refractivity contribution in [2.45, 2.75) is 72.8 Å². The van der Waals surface area contributed by atoms with Gasteiger partial charge in [-0.1, -0.05) is 18.2 Å². The highest BCUT2D eigenvalue weighted by Gasteiger charge is 2.20. The van der Waals surface area contributed by atoms with Crippen LogP contribution in [0.2, 0.25) is 0 Å². The van der Waals surface area contributed by atoms with Crippen molar-refractivity contribution >= 4 is 21.6 Å². The van der Waals surface area contributed by atoms with Crippen LogP contribution in [-0.4, -0.2) is 50.9 Å². The highest BCUT2D eigenvalue weighted by atomic mass is 32.1. The van der Waals surface area contributed by atoms with E-state index in [0.717, 1.165) is 16.0 Å². The number of nitrogens with zero attached hydrogens (tertiary/aromatic N) is 2. The molecule has 3 aromatic rings. The maximum atomic E-state index is 13.0. The van der Waals surface area contributed by atoms with Crippen LogP contribution >= 0.6 is 11.3 Å². The molecule has 2 aromatic heterocycles. The Morgan fingerprint density at radius 1 is 1.22 bits per heavy atom. The standard InChI is InChI=1S/C25H35N3O3S/c1-15(2)28(11-19(29)13-31-25(5,6)7)12-21-26-23(30)22-20(14-32-24(22)27-21)18-9-8-16(3)17(4)10-18/h8-10,14-15,19,29H,11-13H2,1-7H3,(H,26,27,30). The summed E-state index contributed by atoms with van der Waals surface area (Å²) < 4.78 is 5.71. The first-order valence-corrected chi connectivity index (χ1v) is 12.0. The van der Waals surface area contributed by atoms with E-state index in [1.165, 1.54) is 22.5 Å². The maximum absolute atomic E-state index is 13.0. The Bertz CT molecular complexity index is 1130. The summed E-state index contributed by atoms with van der Waals surface area (Å²) in [7, 11) is 0. The van der Waals surface area contributed by atoms with E-state index in [1.54, 1.807) is 0 Å². The Balaban J connectivity index is 1.83. The van der Waals surface area contributed by atoms with Gasteiger partial charge in [0.1, 0.15) is 10.7 Å². The molecule has 0 fully saturated rings. The summed E-state index contributed by atoms with van der Waals surface area (Å²) in [5.41, 5.74) is 3.96. The number of aromatic nitrogens is 2. The lowest BCUT2D eigenvalue weighted by Crippen LogP contribution is -2.40. The molecule has 2 N–H and O–H groups in total. The van der Waals surface area contributed by atoms with Crippen LogP contribution in [0.5, 0.6) is 0 Å². The van der Waals surface area contributed by atoms with Gasteiger partial charge in [0.15, 0.2) is 0 Å². The third-order valence-corrected chi connectivity index (χ3v) is 6.42. The number of rotatable bonds is 8. The van der Waals surface area contributed by atoms with Crippen LogP contribution in [0, 0.1) is 13.8 Å². The molecule has 174 valence electrons. The van der Waals surface area contributed by atoms with Gasteiger partial charge in [0.05, 0.1) is 30.2 Å². The largest absolute Gasteiger partial charge is 0.389 e. The Morgan fingerprint density at radius 3 is 2.56 bits per heavy atom. The van der Waals surface area contributed by atoms with Crippen molar-refractivity contribution in [1.82, 2.24) is 14.9 Å². The summed E-state index contributed by atoms with van der Waals surface area (Å²) in [6.07, 6.45) is -0.620. The van der Waals surface area contributed by atoms with Crippen molar-refractivity contribution in [1.29, 1.82) is 0 Å². The molecule has 3 rings (SSSR count). The van der Waals surface area contributed by atoms with Crippen molar-refractivity contribution in [3.63, 3.8) is 0 Å². The lowest BCUT2D eigenvalue weighted by atomic mass is 10.0. The van der Waals surface area contributed by atoms with Gasteiger partial charge in [-0.05, 0) is 65.2 Å². The zero-order valence-electron chi connectivity index (χ0n) is 20.2. The number of aryl methyl sites for hydroxylation is 2. The van der Waals surface area contributed by atoms with Crippen molar-refractivity contribution in [3.05, 3.63) is 50.9 Å².